The average Bonchev–Trinajstić information content (AvgIpc) is 3.09. The minimum atomic E-state index is 0.490. The molecule has 0 spiro atoms. The van der Waals surface area contributed by atoms with Crippen LogP contribution in [0.15, 0.2) is 24.3 Å². The molecule has 100 valence electrons. The van der Waals surface area contributed by atoms with Crippen LogP contribution in [-0.2, 0) is 6.42 Å². The van der Waals surface area contributed by atoms with Crippen molar-refractivity contribution >= 4 is 0 Å². The van der Waals surface area contributed by atoms with Gasteiger partial charge in [0.25, 0.3) is 0 Å². The van der Waals surface area contributed by atoms with Gasteiger partial charge in [0.15, 0.2) is 0 Å². The number of rotatable bonds is 7. The van der Waals surface area contributed by atoms with Crippen molar-refractivity contribution in [3.05, 3.63) is 29.8 Å². The van der Waals surface area contributed by atoms with Crippen LogP contribution in [0.1, 0.15) is 32.3 Å². The largest absolute Gasteiger partial charge is 0.496 e. The van der Waals surface area contributed by atoms with Crippen molar-refractivity contribution in [3.8, 4) is 5.75 Å². The fraction of sp³-hybridized carbons (Fsp3) is 0.625. The summed E-state index contributed by atoms with van der Waals surface area (Å²) in [4.78, 5) is 0. The van der Waals surface area contributed by atoms with Gasteiger partial charge in [-0.25, -0.2) is 0 Å². The van der Waals surface area contributed by atoms with Gasteiger partial charge in [-0.05, 0) is 48.8 Å². The molecule has 1 aliphatic rings. The molecule has 2 rings (SSSR count). The maximum atomic E-state index is 5.44. The molecule has 1 aromatic rings. The highest BCUT2D eigenvalue weighted by Crippen LogP contribution is 2.48. The van der Waals surface area contributed by atoms with Crippen LogP contribution in [0.25, 0.3) is 0 Å². The molecular weight excluding hydrogens is 222 g/mol. The lowest BCUT2D eigenvalue weighted by atomic mass is 9.95. The summed E-state index contributed by atoms with van der Waals surface area (Å²) >= 11 is 0. The van der Waals surface area contributed by atoms with Gasteiger partial charge in [0.2, 0.25) is 0 Å². The minimum Gasteiger partial charge on any atom is -0.496 e. The fourth-order valence-electron chi connectivity index (χ4n) is 2.47. The number of hydrogen-bond donors (Lipinski definition) is 1. The van der Waals surface area contributed by atoms with E-state index in [1.807, 2.05) is 6.07 Å². The average molecular weight is 247 g/mol. The van der Waals surface area contributed by atoms with Crippen LogP contribution in [0, 0.1) is 11.3 Å². The first-order valence-corrected chi connectivity index (χ1v) is 6.98. The first kappa shape index (κ1) is 13.4. The van der Waals surface area contributed by atoms with E-state index in [2.05, 4.69) is 37.4 Å². The second-order valence-electron chi connectivity index (χ2n) is 6.01. The lowest BCUT2D eigenvalue weighted by Crippen LogP contribution is -2.28. The van der Waals surface area contributed by atoms with Crippen LogP contribution in [0.4, 0.5) is 0 Å². The highest BCUT2D eigenvalue weighted by Gasteiger charge is 2.42. The van der Waals surface area contributed by atoms with Crippen molar-refractivity contribution < 1.29 is 4.74 Å². The van der Waals surface area contributed by atoms with E-state index in [9.17, 15) is 0 Å². The van der Waals surface area contributed by atoms with Crippen LogP contribution in [0.5, 0.6) is 5.75 Å². The smallest absolute Gasteiger partial charge is 0.122 e. The molecule has 0 heterocycles. The molecule has 0 aromatic heterocycles. The second-order valence-corrected chi connectivity index (χ2v) is 6.01. The Kier molecular flexibility index (Phi) is 4.28. The first-order chi connectivity index (χ1) is 8.65. The van der Waals surface area contributed by atoms with Gasteiger partial charge in [-0.15, -0.1) is 0 Å². The van der Waals surface area contributed by atoms with Crippen molar-refractivity contribution in [2.45, 2.75) is 33.1 Å². The van der Waals surface area contributed by atoms with Gasteiger partial charge >= 0.3 is 0 Å². The molecule has 1 aromatic carbocycles. The summed E-state index contributed by atoms with van der Waals surface area (Å²) in [5.41, 5.74) is 1.84. The molecule has 18 heavy (non-hydrogen) atoms. The monoisotopic (exact) mass is 247 g/mol. The molecule has 1 aliphatic carbocycles. The quantitative estimate of drug-likeness (QED) is 0.798. The zero-order valence-electron chi connectivity index (χ0n) is 11.8. The first-order valence-electron chi connectivity index (χ1n) is 6.98. The Morgan fingerprint density at radius 3 is 2.61 bits per heavy atom. The normalized spacial score (nSPS) is 16.9. The summed E-state index contributed by atoms with van der Waals surface area (Å²) in [6.45, 7) is 6.77. The Hall–Kier alpha value is -1.02. The molecule has 1 saturated carbocycles. The molecule has 0 saturated heterocycles. The van der Waals surface area contributed by atoms with Crippen molar-refractivity contribution in [1.29, 1.82) is 0 Å². The van der Waals surface area contributed by atoms with E-state index in [4.69, 9.17) is 4.74 Å². The molecule has 0 atom stereocenters. The lowest BCUT2D eigenvalue weighted by molar-refractivity contribution is 0.393. The predicted molar refractivity (Wildman–Crippen MR) is 76.1 cm³/mol. The number of benzene rings is 1. The van der Waals surface area contributed by atoms with Crippen molar-refractivity contribution in [2.75, 3.05) is 20.2 Å². The molecule has 0 aliphatic heterocycles. The van der Waals surface area contributed by atoms with Crippen LogP contribution in [0.3, 0.4) is 0 Å². The molecule has 0 amide bonds. The number of nitrogens with one attached hydrogen (secondary N) is 1. The molecule has 1 fully saturated rings. The van der Waals surface area contributed by atoms with E-state index in [1.165, 1.54) is 18.4 Å². The SMILES string of the molecule is COc1ccccc1CC1(CNCC(C)C)CC1. The Labute approximate surface area is 111 Å². The lowest BCUT2D eigenvalue weighted by Gasteiger charge is -2.18. The van der Waals surface area contributed by atoms with E-state index in [1.54, 1.807) is 7.11 Å². The predicted octanol–water partition coefficient (Wildman–Crippen LogP) is 3.26. The van der Waals surface area contributed by atoms with Crippen LogP contribution in [0.2, 0.25) is 0 Å². The summed E-state index contributed by atoms with van der Waals surface area (Å²) < 4.78 is 5.44. The number of para-hydroxylation sites is 1. The Morgan fingerprint density at radius 1 is 1.28 bits per heavy atom. The summed E-state index contributed by atoms with van der Waals surface area (Å²) in [5, 5.41) is 3.60. The van der Waals surface area contributed by atoms with E-state index >= 15 is 0 Å². The van der Waals surface area contributed by atoms with Crippen molar-refractivity contribution in [3.63, 3.8) is 0 Å². The summed E-state index contributed by atoms with van der Waals surface area (Å²) in [6.07, 6.45) is 3.83. The molecule has 0 bridgehead atoms. The highest BCUT2D eigenvalue weighted by atomic mass is 16.5. The van der Waals surface area contributed by atoms with Gasteiger partial charge in [0.1, 0.15) is 5.75 Å². The Morgan fingerprint density at radius 2 is 2.00 bits per heavy atom. The molecule has 2 heteroatoms. The number of ether oxygens (including phenoxy) is 1. The summed E-state index contributed by atoms with van der Waals surface area (Å²) in [5.74, 6) is 1.76. The van der Waals surface area contributed by atoms with Crippen LogP contribution >= 0.6 is 0 Å². The molecular formula is C16H25NO. The summed E-state index contributed by atoms with van der Waals surface area (Å²) in [7, 11) is 1.76. The molecule has 1 N–H and O–H groups in total. The topological polar surface area (TPSA) is 21.3 Å². The standard InChI is InChI=1S/C16H25NO/c1-13(2)11-17-12-16(8-9-16)10-14-6-4-5-7-15(14)18-3/h4-7,13,17H,8-12H2,1-3H3. The highest BCUT2D eigenvalue weighted by molar-refractivity contribution is 5.34. The van der Waals surface area contributed by atoms with E-state index in [0.29, 0.717) is 5.41 Å². The Balaban J connectivity index is 1.92. The van der Waals surface area contributed by atoms with Gasteiger partial charge in [0, 0.05) is 6.54 Å². The number of methoxy groups -OCH3 is 1. The molecule has 0 radical (unpaired) electrons. The van der Waals surface area contributed by atoms with Gasteiger partial charge in [0.05, 0.1) is 7.11 Å². The third kappa shape index (κ3) is 3.49. The minimum absolute atomic E-state index is 0.490. The van der Waals surface area contributed by atoms with Crippen molar-refractivity contribution in [1.82, 2.24) is 5.32 Å². The molecule has 0 unspecified atom stereocenters. The third-order valence-corrected chi connectivity index (χ3v) is 3.77. The van der Waals surface area contributed by atoms with Gasteiger partial charge in [-0.1, -0.05) is 32.0 Å². The van der Waals surface area contributed by atoms with E-state index < -0.39 is 0 Å². The zero-order valence-corrected chi connectivity index (χ0v) is 11.8. The third-order valence-electron chi connectivity index (χ3n) is 3.77. The Bertz CT molecular complexity index is 382. The maximum absolute atomic E-state index is 5.44. The van der Waals surface area contributed by atoms with Gasteiger partial charge < -0.3 is 10.1 Å². The molecule has 2 nitrogen and oxygen atoms in total. The number of hydrogen-bond acceptors (Lipinski definition) is 2. The van der Waals surface area contributed by atoms with Gasteiger partial charge in [-0.2, -0.15) is 0 Å². The fourth-order valence-corrected chi connectivity index (χ4v) is 2.47. The zero-order chi connectivity index (χ0) is 13.0. The van der Waals surface area contributed by atoms with Crippen molar-refractivity contribution in [2.24, 2.45) is 11.3 Å². The van der Waals surface area contributed by atoms with E-state index in [-0.39, 0.29) is 0 Å². The second kappa shape index (κ2) is 5.75. The summed E-state index contributed by atoms with van der Waals surface area (Å²) in [6, 6.07) is 8.41. The van der Waals surface area contributed by atoms with E-state index in [0.717, 1.165) is 31.2 Å². The van der Waals surface area contributed by atoms with Gasteiger partial charge in [-0.3, -0.25) is 0 Å². The van der Waals surface area contributed by atoms with Crippen LogP contribution < -0.4 is 10.1 Å². The van der Waals surface area contributed by atoms with Crippen LogP contribution in [-0.4, -0.2) is 20.2 Å². The maximum Gasteiger partial charge on any atom is 0.122 e.